The second-order valence-electron chi connectivity index (χ2n) is 3.95. The van der Waals surface area contributed by atoms with Crippen molar-refractivity contribution < 1.29 is 0 Å². The molecule has 0 saturated carbocycles. The molecule has 2 rings (SSSR count). The van der Waals surface area contributed by atoms with Crippen molar-refractivity contribution in [1.82, 2.24) is 0 Å². The minimum Gasteiger partial charge on any atom is -0.0921 e. The fourth-order valence-corrected chi connectivity index (χ4v) is 2.49. The van der Waals surface area contributed by atoms with Crippen LogP contribution in [-0.4, -0.2) is 5.33 Å². The zero-order chi connectivity index (χ0) is 11.2. The molecule has 2 aromatic carbocycles. The molecule has 0 bridgehead atoms. The van der Waals surface area contributed by atoms with Crippen LogP contribution in [0.5, 0.6) is 0 Å². The van der Waals surface area contributed by atoms with E-state index in [0.717, 1.165) is 11.8 Å². The topological polar surface area (TPSA) is 0 Å². The molecular weight excluding hydrogens is 260 g/mol. The van der Waals surface area contributed by atoms with Gasteiger partial charge in [-0.05, 0) is 23.5 Å². The molecule has 82 valence electrons. The number of hydrogen-bond acceptors (Lipinski definition) is 0. The van der Waals surface area contributed by atoms with E-state index in [1.54, 1.807) is 0 Å². The molecule has 0 amide bonds. The molecule has 1 unspecified atom stereocenters. The molecule has 0 aromatic heterocycles. The molecule has 0 radical (unpaired) electrons. The molecule has 0 aliphatic heterocycles. The van der Waals surface area contributed by atoms with E-state index < -0.39 is 0 Å². The molecule has 1 atom stereocenters. The lowest BCUT2D eigenvalue weighted by Crippen LogP contribution is -2.04. The van der Waals surface area contributed by atoms with Gasteiger partial charge in [-0.2, -0.15) is 0 Å². The summed E-state index contributed by atoms with van der Waals surface area (Å²) in [5.41, 5.74) is 2.80. The Bertz CT molecular complexity index is 408. The van der Waals surface area contributed by atoms with Crippen molar-refractivity contribution in [2.45, 2.75) is 12.3 Å². The second kappa shape index (κ2) is 5.86. The predicted octanol–water partition coefficient (Wildman–Crippen LogP) is 4.41. The maximum Gasteiger partial charge on any atom is 0.0103 e. The van der Waals surface area contributed by atoms with Crippen molar-refractivity contribution in [2.24, 2.45) is 0 Å². The first kappa shape index (κ1) is 11.4. The molecule has 0 aliphatic rings. The van der Waals surface area contributed by atoms with Crippen LogP contribution in [-0.2, 0) is 6.42 Å². The Balaban J connectivity index is 2.13. The smallest absolute Gasteiger partial charge is 0.0103 e. The Morgan fingerprint density at radius 1 is 0.812 bits per heavy atom. The van der Waals surface area contributed by atoms with E-state index in [1.807, 2.05) is 0 Å². The van der Waals surface area contributed by atoms with Crippen LogP contribution in [0.15, 0.2) is 60.7 Å². The second-order valence-corrected chi connectivity index (χ2v) is 4.60. The van der Waals surface area contributed by atoms with Crippen molar-refractivity contribution in [3.8, 4) is 0 Å². The third-order valence-corrected chi connectivity index (χ3v) is 3.56. The molecule has 1 heteroatoms. The van der Waals surface area contributed by atoms with Gasteiger partial charge in [0.1, 0.15) is 0 Å². The summed E-state index contributed by atoms with van der Waals surface area (Å²) < 4.78 is 0. The minimum absolute atomic E-state index is 0.559. The number of hydrogen-bond donors (Lipinski definition) is 0. The molecule has 0 nitrogen and oxygen atoms in total. The number of rotatable bonds is 4. The highest BCUT2D eigenvalue weighted by molar-refractivity contribution is 9.09. The third-order valence-electron chi connectivity index (χ3n) is 2.78. The van der Waals surface area contributed by atoms with Gasteiger partial charge in [-0.15, -0.1) is 0 Å². The van der Waals surface area contributed by atoms with Gasteiger partial charge in [0.15, 0.2) is 0 Å². The Labute approximate surface area is 105 Å². The molecule has 0 heterocycles. The number of benzene rings is 2. The summed E-state index contributed by atoms with van der Waals surface area (Å²) >= 11 is 3.61. The van der Waals surface area contributed by atoms with Gasteiger partial charge >= 0.3 is 0 Å². The number of alkyl halides is 1. The maximum atomic E-state index is 3.61. The van der Waals surface area contributed by atoms with Crippen LogP contribution in [0, 0.1) is 0 Å². The lowest BCUT2D eigenvalue weighted by atomic mass is 9.94. The highest BCUT2D eigenvalue weighted by atomic mass is 79.9. The fraction of sp³-hybridized carbons (Fsp3) is 0.200. The third kappa shape index (κ3) is 2.96. The van der Waals surface area contributed by atoms with E-state index in [4.69, 9.17) is 0 Å². The highest BCUT2D eigenvalue weighted by Crippen LogP contribution is 2.22. The zero-order valence-corrected chi connectivity index (χ0v) is 10.7. The van der Waals surface area contributed by atoms with Gasteiger partial charge in [-0.25, -0.2) is 0 Å². The largest absolute Gasteiger partial charge is 0.0921 e. The summed E-state index contributed by atoms with van der Waals surface area (Å²) in [5, 5.41) is 1.01. The predicted molar refractivity (Wildman–Crippen MR) is 73.1 cm³/mol. The Morgan fingerprint density at radius 3 is 1.94 bits per heavy atom. The van der Waals surface area contributed by atoms with Gasteiger partial charge in [0.2, 0.25) is 0 Å². The highest BCUT2D eigenvalue weighted by Gasteiger charge is 2.09. The minimum atomic E-state index is 0.559. The van der Waals surface area contributed by atoms with Crippen LogP contribution in [0.2, 0.25) is 0 Å². The zero-order valence-electron chi connectivity index (χ0n) is 9.14. The van der Waals surface area contributed by atoms with Gasteiger partial charge in [0.25, 0.3) is 0 Å². The molecule has 0 N–H and O–H groups in total. The SMILES string of the molecule is BrCC(Cc1ccccc1)c1ccccc1. The van der Waals surface area contributed by atoms with Crippen LogP contribution in [0.4, 0.5) is 0 Å². The van der Waals surface area contributed by atoms with Gasteiger partial charge in [-0.1, -0.05) is 76.6 Å². The Kier molecular flexibility index (Phi) is 4.17. The summed E-state index contributed by atoms with van der Waals surface area (Å²) in [4.78, 5) is 0. The first-order valence-electron chi connectivity index (χ1n) is 5.55. The van der Waals surface area contributed by atoms with E-state index in [1.165, 1.54) is 11.1 Å². The maximum absolute atomic E-state index is 3.61. The Morgan fingerprint density at radius 2 is 1.38 bits per heavy atom. The lowest BCUT2D eigenvalue weighted by Gasteiger charge is -2.14. The van der Waals surface area contributed by atoms with E-state index in [0.29, 0.717) is 5.92 Å². The molecule has 0 aliphatic carbocycles. The number of halogens is 1. The van der Waals surface area contributed by atoms with Gasteiger partial charge in [0, 0.05) is 5.33 Å². The first-order valence-corrected chi connectivity index (χ1v) is 6.67. The fourth-order valence-electron chi connectivity index (χ4n) is 1.89. The van der Waals surface area contributed by atoms with E-state index in [2.05, 4.69) is 76.6 Å². The molecule has 0 saturated heterocycles. The molecular formula is C15H15Br. The van der Waals surface area contributed by atoms with Crippen molar-refractivity contribution in [3.05, 3.63) is 71.8 Å². The van der Waals surface area contributed by atoms with Gasteiger partial charge in [-0.3, -0.25) is 0 Å². The summed E-state index contributed by atoms with van der Waals surface area (Å²) in [6.07, 6.45) is 1.09. The van der Waals surface area contributed by atoms with E-state index >= 15 is 0 Å². The standard InChI is InChI=1S/C15H15Br/c16-12-15(14-9-5-2-6-10-14)11-13-7-3-1-4-8-13/h1-10,15H,11-12H2. The van der Waals surface area contributed by atoms with Crippen LogP contribution in [0.1, 0.15) is 17.0 Å². The summed E-state index contributed by atoms with van der Waals surface area (Å²) in [6, 6.07) is 21.3. The molecule has 16 heavy (non-hydrogen) atoms. The van der Waals surface area contributed by atoms with Crippen LogP contribution in [0.25, 0.3) is 0 Å². The van der Waals surface area contributed by atoms with Crippen LogP contribution >= 0.6 is 15.9 Å². The monoisotopic (exact) mass is 274 g/mol. The molecule has 2 aromatic rings. The quantitative estimate of drug-likeness (QED) is 0.725. The van der Waals surface area contributed by atoms with Gasteiger partial charge < -0.3 is 0 Å². The van der Waals surface area contributed by atoms with Crippen molar-refractivity contribution >= 4 is 15.9 Å². The van der Waals surface area contributed by atoms with E-state index in [-0.39, 0.29) is 0 Å². The molecule has 0 spiro atoms. The summed E-state index contributed by atoms with van der Waals surface area (Å²) in [6.45, 7) is 0. The normalized spacial score (nSPS) is 12.3. The Hall–Kier alpha value is -1.08. The van der Waals surface area contributed by atoms with Crippen molar-refractivity contribution in [1.29, 1.82) is 0 Å². The summed E-state index contributed by atoms with van der Waals surface area (Å²) in [7, 11) is 0. The summed E-state index contributed by atoms with van der Waals surface area (Å²) in [5.74, 6) is 0.559. The average molecular weight is 275 g/mol. The first-order chi connectivity index (χ1) is 7.90. The van der Waals surface area contributed by atoms with Crippen LogP contribution < -0.4 is 0 Å². The lowest BCUT2D eigenvalue weighted by molar-refractivity contribution is 0.775. The van der Waals surface area contributed by atoms with Gasteiger partial charge in [0.05, 0.1) is 0 Å². The van der Waals surface area contributed by atoms with Crippen molar-refractivity contribution in [3.63, 3.8) is 0 Å². The molecule has 0 fully saturated rings. The van der Waals surface area contributed by atoms with Crippen molar-refractivity contribution in [2.75, 3.05) is 5.33 Å². The average Bonchev–Trinajstić information content (AvgIpc) is 2.38. The van der Waals surface area contributed by atoms with E-state index in [9.17, 15) is 0 Å². The van der Waals surface area contributed by atoms with Crippen LogP contribution in [0.3, 0.4) is 0 Å².